The average molecular weight is 411 g/mol. The molecule has 1 aromatic carbocycles. The smallest absolute Gasteiger partial charge is 0.0100 e. The van der Waals surface area contributed by atoms with Crippen molar-refractivity contribution in [1.29, 1.82) is 0 Å². The van der Waals surface area contributed by atoms with Crippen LogP contribution in [-0.4, -0.2) is 0 Å². The largest absolute Gasteiger partial charge is 0.0912 e. The number of hydrogen-bond donors (Lipinski definition) is 0. The maximum atomic E-state index is 4.24. The molecule has 0 aliphatic heterocycles. The molecule has 0 heterocycles. The molecule has 0 aromatic heterocycles. The maximum absolute atomic E-state index is 4.24. The van der Waals surface area contributed by atoms with Crippen molar-refractivity contribution in [3.8, 4) is 0 Å². The Balaban J connectivity index is 0.000000901. The number of benzene rings is 1. The van der Waals surface area contributed by atoms with Crippen LogP contribution in [0.5, 0.6) is 0 Å². The monoisotopic (exact) mass is 410 g/mol. The van der Waals surface area contributed by atoms with Crippen LogP contribution < -0.4 is 0 Å². The molecule has 0 N–H and O–H groups in total. The lowest BCUT2D eigenvalue weighted by molar-refractivity contribution is 0.332. The lowest BCUT2D eigenvalue weighted by atomic mass is 9.63. The summed E-state index contributed by atoms with van der Waals surface area (Å²) in [5.74, 6) is 0. The maximum Gasteiger partial charge on any atom is -0.0100 e. The summed E-state index contributed by atoms with van der Waals surface area (Å²) in [5.41, 5.74) is 7.17. The first kappa shape index (κ1) is 28.4. The molecule has 0 saturated carbocycles. The van der Waals surface area contributed by atoms with E-state index in [2.05, 4.69) is 112 Å². The summed E-state index contributed by atoms with van der Waals surface area (Å²) >= 11 is 0. The molecule has 30 heavy (non-hydrogen) atoms. The van der Waals surface area contributed by atoms with E-state index in [1.165, 1.54) is 60.8 Å². The zero-order chi connectivity index (χ0) is 23.4. The topological polar surface area (TPSA) is 0 Å². The molecule has 1 aliphatic rings. The van der Waals surface area contributed by atoms with Crippen molar-refractivity contribution >= 4 is 5.57 Å². The molecule has 0 nitrogen and oxygen atoms in total. The second-order valence-electron chi connectivity index (χ2n) is 10.2. The van der Waals surface area contributed by atoms with Crippen LogP contribution in [0.2, 0.25) is 0 Å². The molecule has 0 radical (unpaired) electrons. The van der Waals surface area contributed by atoms with Gasteiger partial charge in [-0.05, 0) is 59.8 Å². The predicted octanol–water partition coefficient (Wildman–Crippen LogP) is 10.2. The molecule has 0 heteroatoms. The molecule has 0 atom stereocenters. The molecule has 1 aliphatic carbocycles. The van der Waals surface area contributed by atoms with Gasteiger partial charge in [-0.1, -0.05) is 130 Å². The molecular formula is C30H50. The van der Waals surface area contributed by atoms with Crippen LogP contribution >= 0.6 is 0 Å². The quantitative estimate of drug-likeness (QED) is 0.423. The van der Waals surface area contributed by atoms with Crippen LogP contribution in [-0.2, 0) is 10.8 Å². The minimum Gasteiger partial charge on any atom is -0.0912 e. The standard InChI is InChI=1S/C22H30.2C4H10/c1-16(2)9-8-10-17(3)18-11-12-19-20(15-18)22(6,7)14-13-21(19,4)5;2*1-3-4-2/h8-12,15H,3,13-14H2,1-2,4-7H3;2*3-4H2,1-2H3/b10-8-;;. The Morgan fingerprint density at radius 3 is 1.73 bits per heavy atom. The van der Waals surface area contributed by atoms with Crippen LogP contribution in [0.25, 0.3) is 5.57 Å². The van der Waals surface area contributed by atoms with Crippen LogP contribution in [0.4, 0.5) is 0 Å². The van der Waals surface area contributed by atoms with Gasteiger partial charge >= 0.3 is 0 Å². The van der Waals surface area contributed by atoms with E-state index in [4.69, 9.17) is 0 Å². The summed E-state index contributed by atoms with van der Waals surface area (Å²) in [5, 5.41) is 0. The van der Waals surface area contributed by atoms with Crippen molar-refractivity contribution in [1.82, 2.24) is 0 Å². The van der Waals surface area contributed by atoms with Gasteiger partial charge in [-0.25, -0.2) is 0 Å². The molecule has 1 aromatic rings. The van der Waals surface area contributed by atoms with Gasteiger partial charge in [-0.3, -0.25) is 0 Å². The summed E-state index contributed by atoms with van der Waals surface area (Å²) < 4.78 is 0. The van der Waals surface area contributed by atoms with E-state index in [1.807, 2.05) is 0 Å². The van der Waals surface area contributed by atoms with Crippen LogP contribution in [0.3, 0.4) is 0 Å². The Morgan fingerprint density at radius 1 is 0.833 bits per heavy atom. The summed E-state index contributed by atoms with van der Waals surface area (Å²) in [6, 6.07) is 6.92. The minimum absolute atomic E-state index is 0.255. The van der Waals surface area contributed by atoms with Crippen molar-refractivity contribution in [3.05, 3.63) is 65.3 Å². The highest BCUT2D eigenvalue weighted by molar-refractivity contribution is 5.73. The zero-order valence-electron chi connectivity index (χ0n) is 21.9. The molecule has 0 bridgehead atoms. The Kier molecular flexibility index (Phi) is 13.0. The van der Waals surface area contributed by atoms with E-state index in [9.17, 15) is 0 Å². The Morgan fingerprint density at radius 2 is 1.30 bits per heavy atom. The van der Waals surface area contributed by atoms with E-state index < -0.39 is 0 Å². The van der Waals surface area contributed by atoms with Gasteiger partial charge in [0.1, 0.15) is 0 Å². The lowest BCUT2D eigenvalue weighted by Crippen LogP contribution is -2.33. The first-order chi connectivity index (χ1) is 14.0. The first-order valence-electron chi connectivity index (χ1n) is 12.1. The molecule has 170 valence electrons. The zero-order valence-corrected chi connectivity index (χ0v) is 21.9. The summed E-state index contributed by atoms with van der Waals surface area (Å²) in [7, 11) is 0. The fourth-order valence-corrected chi connectivity index (χ4v) is 3.24. The van der Waals surface area contributed by atoms with Gasteiger partial charge in [-0.2, -0.15) is 0 Å². The van der Waals surface area contributed by atoms with Gasteiger partial charge in [0.15, 0.2) is 0 Å². The molecule has 0 saturated heterocycles. The van der Waals surface area contributed by atoms with E-state index in [1.54, 1.807) is 0 Å². The minimum atomic E-state index is 0.255. The lowest BCUT2D eigenvalue weighted by Gasteiger charge is -2.42. The predicted molar refractivity (Wildman–Crippen MR) is 140 cm³/mol. The summed E-state index contributed by atoms with van der Waals surface area (Å²) in [6.45, 7) is 26.6. The van der Waals surface area contributed by atoms with Crippen molar-refractivity contribution in [2.24, 2.45) is 0 Å². The van der Waals surface area contributed by atoms with E-state index in [0.717, 1.165) is 5.57 Å². The van der Waals surface area contributed by atoms with Crippen molar-refractivity contribution < 1.29 is 0 Å². The molecule has 0 spiro atoms. The second kappa shape index (κ2) is 13.7. The summed E-state index contributed by atoms with van der Waals surface area (Å²) in [6.07, 6.45) is 14.1. The van der Waals surface area contributed by atoms with Gasteiger partial charge in [0.25, 0.3) is 0 Å². The van der Waals surface area contributed by atoms with Gasteiger partial charge in [0.2, 0.25) is 0 Å². The third-order valence-corrected chi connectivity index (χ3v) is 5.95. The molecular weight excluding hydrogens is 360 g/mol. The fourth-order valence-electron chi connectivity index (χ4n) is 3.24. The van der Waals surface area contributed by atoms with Crippen molar-refractivity contribution in [2.75, 3.05) is 0 Å². The Labute approximate surface area is 189 Å². The fraction of sp³-hybridized carbons (Fsp3) is 0.600. The number of allylic oxidation sites excluding steroid dienone is 5. The molecule has 2 rings (SSSR count). The molecule has 0 fully saturated rings. The third kappa shape index (κ3) is 9.50. The third-order valence-electron chi connectivity index (χ3n) is 5.95. The van der Waals surface area contributed by atoms with Crippen molar-refractivity contribution in [3.63, 3.8) is 0 Å². The van der Waals surface area contributed by atoms with E-state index in [0.29, 0.717) is 0 Å². The second-order valence-corrected chi connectivity index (χ2v) is 10.2. The van der Waals surface area contributed by atoms with Gasteiger partial charge < -0.3 is 0 Å². The molecule has 0 amide bonds. The Bertz CT molecular complexity index is 683. The van der Waals surface area contributed by atoms with Crippen molar-refractivity contribution in [2.45, 2.75) is 119 Å². The number of rotatable bonds is 5. The van der Waals surface area contributed by atoms with Crippen LogP contribution in [0.1, 0.15) is 124 Å². The van der Waals surface area contributed by atoms with E-state index in [-0.39, 0.29) is 10.8 Å². The highest BCUT2D eigenvalue weighted by Crippen LogP contribution is 2.46. The average Bonchev–Trinajstić information content (AvgIpc) is 2.71. The molecule has 0 unspecified atom stereocenters. The van der Waals surface area contributed by atoms with E-state index >= 15 is 0 Å². The number of hydrogen-bond acceptors (Lipinski definition) is 0. The number of unbranched alkanes of at least 4 members (excludes halogenated alkanes) is 2. The van der Waals surface area contributed by atoms with Gasteiger partial charge in [0, 0.05) is 0 Å². The van der Waals surface area contributed by atoms with Gasteiger partial charge in [-0.15, -0.1) is 0 Å². The van der Waals surface area contributed by atoms with Crippen LogP contribution in [0, 0.1) is 0 Å². The normalized spacial score (nSPS) is 15.8. The SMILES string of the molecule is C=C(/C=C\C=C(C)C)c1ccc2c(c1)C(C)(C)CCC2(C)C.CCCC.CCCC. The highest BCUT2D eigenvalue weighted by Gasteiger charge is 2.36. The Hall–Kier alpha value is -1.56. The van der Waals surface area contributed by atoms with Gasteiger partial charge in [0.05, 0.1) is 0 Å². The number of fused-ring (bicyclic) bond motifs is 1. The van der Waals surface area contributed by atoms with Crippen LogP contribution in [0.15, 0.2) is 48.6 Å². The first-order valence-corrected chi connectivity index (χ1v) is 12.1. The highest BCUT2D eigenvalue weighted by atomic mass is 14.4. The summed E-state index contributed by atoms with van der Waals surface area (Å²) in [4.78, 5) is 0.